The number of aliphatic hydroxyl groups is 3. The van der Waals surface area contributed by atoms with Crippen molar-refractivity contribution >= 4 is 11.8 Å². The van der Waals surface area contributed by atoms with E-state index in [4.69, 9.17) is 4.74 Å². The summed E-state index contributed by atoms with van der Waals surface area (Å²) in [5, 5.41) is 29.2. The van der Waals surface area contributed by atoms with Gasteiger partial charge in [0.25, 0.3) is 0 Å². The van der Waals surface area contributed by atoms with Gasteiger partial charge in [0.05, 0.1) is 19.3 Å². The first-order valence-electron chi connectivity index (χ1n) is 13.5. The van der Waals surface area contributed by atoms with Crippen LogP contribution in [0.5, 0.6) is 0 Å². The van der Waals surface area contributed by atoms with Crippen LogP contribution in [0, 0.1) is 22.7 Å². The summed E-state index contributed by atoms with van der Waals surface area (Å²) in [5.74, 6) is 0.469. The molecule has 0 spiro atoms. The average molecular weight is 481 g/mol. The molecule has 0 aliphatic heterocycles. The fourth-order valence-corrected chi connectivity index (χ4v) is 5.51. The summed E-state index contributed by atoms with van der Waals surface area (Å²) in [6.45, 7) is 3.43. The van der Waals surface area contributed by atoms with Crippen LogP contribution >= 0.6 is 0 Å². The van der Waals surface area contributed by atoms with Crippen molar-refractivity contribution in [3.05, 3.63) is 12.2 Å². The maximum Gasteiger partial charge on any atom is 0.305 e. The first-order chi connectivity index (χ1) is 16.3. The van der Waals surface area contributed by atoms with Crippen LogP contribution in [0.3, 0.4) is 0 Å². The first kappa shape index (κ1) is 29.0. The molecule has 0 aromatic rings. The molecule has 0 radical (unpaired) electrons. The summed E-state index contributed by atoms with van der Waals surface area (Å²) in [6, 6.07) is 0. The molecule has 2 aliphatic rings. The van der Waals surface area contributed by atoms with Crippen LogP contribution in [0.25, 0.3) is 0 Å². The molecule has 2 rings (SSSR count). The van der Waals surface area contributed by atoms with Gasteiger partial charge in [-0.05, 0) is 56.3 Å². The third kappa shape index (κ3) is 8.46. The molecular formula is C28H48O6. The highest BCUT2D eigenvalue weighted by Gasteiger charge is 2.41. The van der Waals surface area contributed by atoms with E-state index >= 15 is 0 Å². The van der Waals surface area contributed by atoms with Gasteiger partial charge in [0, 0.05) is 24.2 Å². The SMILES string of the molecule is CCCC1(C(O)C/C=C/[C@H]2CCC(=O)[C@@H]2CCCCCCC(=O)OCC(C)(CO)CO)CCC1. The molecule has 2 saturated carbocycles. The molecule has 0 aromatic carbocycles. The predicted molar refractivity (Wildman–Crippen MR) is 133 cm³/mol. The molecule has 0 amide bonds. The minimum absolute atomic E-state index is 0.0220. The van der Waals surface area contributed by atoms with E-state index in [2.05, 4.69) is 19.1 Å². The number of aliphatic hydroxyl groups excluding tert-OH is 3. The van der Waals surface area contributed by atoms with Gasteiger partial charge in [-0.25, -0.2) is 0 Å². The minimum Gasteiger partial charge on any atom is -0.465 e. The lowest BCUT2D eigenvalue weighted by atomic mass is 9.62. The highest BCUT2D eigenvalue weighted by Crippen LogP contribution is 2.48. The lowest BCUT2D eigenvalue weighted by Gasteiger charge is -2.45. The van der Waals surface area contributed by atoms with Crippen molar-refractivity contribution in [1.29, 1.82) is 0 Å². The highest BCUT2D eigenvalue weighted by molar-refractivity contribution is 5.83. The Labute approximate surface area is 206 Å². The van der Waals surface area contributed by atoms with Crippen molar-refractivity contribution in [3.63, 3.8) is 0 Å². The van der Waals surface area contributed by atoms with Gasteiger partial charge in [-0.15, -0.1) is 0 Å². The highest BCUT2D eigenvalue weighted by atomic mass is 16.5. The molecule has 6 heteroatoms. The summed E-state index contributed by atoms with van der Waals surface area (Å²) < 4.78 is 5.18. The topological polar surface area (TPSA) is 104 Å². The molecule has 2 fully saturated rings. The van der Waals surface area contributed by atoms with Gasteiger partial charge in [0.1, 0.15) is 12.4 Å². The molecule has 3 N–H and O–H groups in total. The third-order valence-corrected chi connectivity index (χ3v) is 8.19. The van der Waals surface area contributed by atoms with Crippen LogP contribution in [-0.4, -0.2) is 53.0 Å². The molecule has 0 bridgehead atoms. The maximum atomic E-state index is 12.4. The second-order valence-electron chi connectivity index (χ2n) is 11.2. The summed E-state index contributed by atoms with van der Waals surface area (Å²) in [6.07, 6.45) is 16.9. The summed E-state index contributed by atoms with van der Waals surface area (Å²) >= 11 is 0. The van der Waals surface area contributed by atoms with Crippen molar-refractivity contribution in [3.8, 4) is 0 Å². The van der Waals surface area contributed by atoms with E-state index in [-0.39, 0.29) is 43.2 Å². The summed E-state index contributed by atoms with van der Waals surface area (Å²) in [4.78, 5) is 24.3. The van der Waals surface area contributed by atoms with Crippen molar-refractivity contribution in [2.24, 2.45) is 22.7 Å². The number of rotatable bonds is 17. The van der Waals surface area contributed by atoms with Crippen LogP contribution in [0.4, 0.5) is 0 Å². The second kappa shape index (κ2) is 14.4. The molecule has 3 atom stereocenters. The van der Waals surface area contributed by atoms with Crippen molar-refractivity contribution in [2.75, 3.05) is 19.8 Å². The van der Waals surface area contributed by atoms with Gasteiger partial charge in [-0.3, -0.25) is 9.59 Å². The Morgan fingerprint density at radius 2 is 1.91 bits per heavy atom. The largest absolute Gasteiger partial charge is 0.465 e. The number of unbranched alkanes of at least 4 members (excludes halogenated alkanes) is 3. The van der Waals surface area contributed by atoms with E-state index in [1.165, 1.54) is 6.42 Å². The van der Waals surface area contributed by atoms with Crippen LogP contribution in [-0.2, 0) is 14.3 Å². The number of carbonyl (C=O) groups is 2. The van der Waals surface area contributed by atoms with E-state index < -0.39 is 5.41 Å². The Balaban J connectivity index is 1.63. The van der Waals surface area contributed by atoms with E-state index in [0.29, 0.717) is 31.0 Å². The van der Waals surface area contributed by atoms with Crippen LogP contribution in [0.1, 0.15) is 104 Å². The number of ether oxygens (including phenoxy) is 1. The fraction of sp³-hybridized carbons (Fsp3) is 0.857. The Kier molecular flexibility index (Phi) is 12.2. The second-order valence-corrected chi connectivity index (χ2v) is 11.2. The van der Waals surface area contributed by atoms with E-state index in [1.54, 1.807) is 6.92 Å². The van der Waals surface area contributed by atoms with E-state index in [9.17, 15) is 24.9 Å². The molecule has 0 aromatic heterocycles. The van der Waals surface area contributed by atoms with Gasteiger partial charge in [-0.1, -0.05) is 58.1 Å². The normalized spacial score (nSPS) is 23.3. The average Bonchev–Trinajstić information content (AvgIpc) is 3.15. The lowest BCUT2D eigenvalue weighted by molar-refractivity contribution is -0.149. The number of hydrogen-bond donors (Lipinski definition) is 3. The molecule has 34 heavy (non-hydrogen) atoms. The Morgan fingerprint density at radius 1 is 1.21 bits per heavy atom. The smallest absolute Gasteiger partial charge is 0.305 e. The Morgan fingerprint density at radius 3 is 2.53 bits per heavy atom. The Bertz CT molecular complexity index is 649. The van der Waals surface area contributed by atoms with Crippen molar-refractivity contribution < 1.29 is 29.6 Å². The van der Waals surface area contributed by atoms with Gasteiger partial charge in [-0.2, -0.15) is 0 Å². The van der Waals surface area contributed by atoms with Gasteiger partial charge in [0.2, 0.25) is 0 Å². The number of ketones is 1. The fourth-order valence-electron chi connectivity index (χ4n) is 5.51. The summed E-state index contributed by atoms with van der Waals surface area (Å²) in [5.41, 5.74) is -0.658. The minimum atomic E-state index is -0.791. The molecule has 1 unspecified atom stereocenters. The van der Waals surface area contributed by atoms with Gasteiger partial charge >= 0.3 is 5.97 Å². The monoisotopic (exact) mass is 480 g/mol. The maximum absolute atomic E-state index is 12.4. The first-order valence-corrected chi connectivity index (χ1v) is 13.5. The summed E-state index contributed by atoms with van der Waals surface area (Å²) in [7, 11) is 0. The molecule has 6 nitrogen and oxygen atoms in total. The zero-order valence-corrected chi connectivity index (χ0v) is 21.5. The van der Waals surface area contributed by atoms with E-state index in [0.717, 1.165) is 64.2 Å². The zero-order valence-electron chi connectivity index (χ0n) is 21.5. The third-order valence-electron chi connectivity index (χ3n) is 8.19. The van der Waals surface area contributed by atoms with Gasteiger partial charge in [0.15, 0.2) is 0 Å². The number of carbonyl (C=O) groups excluding carboxylic acids is 2. The van der Waals surface area contributed by atoms with Crippen molar-refractivity contribution in [2.45, 2.75) is 110 Å². The molecular weight excluding hydrogens is 432 g/mol. The van der Waals surface area contributed by atoms with Crippen LogP contribution < -0.4 is 0 Å². The van der Waals surface area contributed by atoms with Crippen LogP contribution in [0.2, 0.25) is 0 Å². The number of hydrogen-bond acceptors (Lipinski definition) is 6. The van der Waals surface area contributed by atoms with Crippen LogP contribution in [0.15, 0.2) is 12.2 Å². The number of Topliss-reactive ketones (excluding diaryl/α,β-unsaturated/α-hetero) is 1. The van der Waals surface area contributed by atoms with Gasteiger partial charge < -0.3 is 20.1 Å². The van der Waals surface area contributed by atoms with Crippen molar-refractivity contribution in [1.82, 2.24) is 0 Å². The molecule has 2 aliphatic carbocycles. The molecule has 196 valence electrons. The zero-order chi connectivity index (χ0) is 25.0. The predicted octanol–water partition coefficient (Wildman–Crippen LogP) is 4.73. The van der Waals surface area contributed by atoms with E-state index in [1.807, 2.05) is 0 Å². The standard InChI is InChI=1S/C28H48O6/c1-3-16-28(17-9-18-28)25(32)12-8-10-22-14-15-24(31)23(22)11-6-4-5-7-13-26(33)34-21-27(2,19-29)20-30/h8,10,22-23,25,29-30,32H,3-7,9,11-21H2,1-2H3/b10-8+/t22-,23+,25?/m0/s1. The lowest BCUT2D eigenvalue weighted by Crippen LogP contribution is -2.41. The number of allylic oxidation sites excluding steroid dienone is 1. The quantitative estimate of drug-likeness (QED) is 0.158. The number of esters is 1. The Hall–Kier alpha value is -1.24. The molecule has 0 heterocycles. The molecule has 0 saturated heterocycles.